The zero-order valence-electron chi connectivity index (χ0n) is 15.6. The lowest BCUT2D eigenvalue weighted by Gasteiger charge is -2.10. The first-order chi connectivity index (χ1) is 13.9. The number of halogens is 2. The molecule has 0 aliphatic carbocycles. The van der Waals surface area contributed by atoms with Crippen LogP contribution in [0.4, 0.5) is 5.69 Å². The van der Waals surface area contributed by atoms with E-state index >= 15 is 0 Å². The SMILES string of the molecule is COC(=O)c1c(NC(=O)c2cccc(COc3ccc(Cl)cc3Cl)c2)cnn1C. The molecule has 150 valence electrons. The van der Waals surface area contributed by atoms with Crippen molar-refractivity contribution < 1.29 is 19.1 Å². The average molecular weight is 434 g/mol. The number of aryl methyl sites for hydroxylation is 1. The summed E-state index contributed by atoms with van der Waals surface area (Å²) >= 11 is 12.0. The predicted octanol–water partition coefficient (Wildman–Crippen LogP) is 4.34. The fourth-order valence-electron chi connectivity index (χ4n) is 2.62. The fraction of sp³-hybridized carbons (Fsp3) is 0.150. The molecule has 1 aromatic heterocycles. The summed E-state index contributed by atoms with van der Waals surface area (Å²) in [4.78, 5) is 24.5. The average Bonchev–Trinajstić information content (AvgIpc) is 3.07. The van der Waals surface area contributed by atoms with E-state index in [0.717, 1.165) is 5.56 Å². The molecule has 1 N–H and O–H groups in total. The van der Waals surface area contributed by atoms with E-state index in [9.17, 15) is 9.59 Å². The Morgan fingerprint density at radius 3 is 2.69 bits per heavy atom. The van der Waals surface area contributed by atoms with Crippen molar-refractivity contribution in [1.29, 1.82) is 0 Å². The van der Waals surface area contributed by atoms with Gasteiger partial charge in [-0.1, -0.05) is 35.3 Å². The molecule has 9 heteroatoms. The lowest BCUT2D eigenvalue weighted by atomic mass is 10.1. The van der Waals surface area contributed by atoms with E-state index in [1.807, 2.05) is 6.07 Å². The molecule has 0 radical (unpaired) electrons. The van der Waals surface area contributed by atoms with Crippen LogP contribution < -0.4 is 10.1 Å². The van der Waals surface area contributed by atoms with Crippen LogP contribution in [-0.4, -0.2) is 28.8 Å². The molecule has 0 bridgehead atoms. The Bertz CT molecular complexity index is 1070. The lowest BCUT2D eigenvalue weighted by Crippen LogP contribution is -2.16. The number of amides is 1. The highest BCUT2D eigenvalue weighted by molar-refractivity contribution is 6.35. The Morgan fingerprint density at radius 1 is 1.17 bits per heavy atom. The highest BCUT2D eigenvalue weighted by Crippen LogP contribution is 2.28. The van der Waals surface area contributed by atoms with E-state index in [-0.39, 0.29) is 18.0 Å². The summed E-state index contributed by atoms with van der Waals surface area (Å²) < 4.78 is 11.8. The van der Waals surface area contributed by atoms with E-state index in [4.69, 9.17) is 32.7 Å². The van der Waals surface area contributed by atoms with Crippen LogP contribution in [-0.2, 0) is 18.4 Å². The second kappa shape index (κ2) is 8.98. The first-order valence-electron chi connectivity index (χ1n) is 8.47. The van der Waals surface area contributed by atoms with E-state index in [2.05, 4.69) is 10.4 Å². The monoisotopic (exact) mass is 433 g/mol. The summed E-state index contributed by atoms with van der Waals surface area (Å²) in [5.41, 5.74) is 1.58. The Labute approximate surface area is 177 Å². The molecule has 0 aliphatic rings. The largest absolute Gasteiger partial charge is 0.487 e. The summed E-state index contributed by atoms with van der Waals surface area (Å²) in [6, 6.07) is 11.9. The van der Waals surface area contributed by atoms with Crippen LogP contribution in [0.3, 0.4) is 0 Å². The number of nitrogens with one attached hydrogen (secondary N) is 1. The minimum Gasteiger partial charge on any atom is -0.487 e. The molecule has 0 spiro atoms. The number of hydrogen-bond donors (Lipinski definition) is 1. The Hall–Kier alpha value is -3.03. The highest BCUT2D eigenvalue weighted by Gasteiger charge is 2.19. The van der Waals surface area contributed by atoms with Crippen LogP contribution in [0.25, 0.3) is 0 Å². The first-order valence-corrected chi connectivity index (χ1v) is 9.23. The maximum Gasteiger partial charge on any atom is 0.358 e. The molecule has 3 aromatic rings. The molecule has 0 fully saturated rings. The predicted molar refractivity (Wildman–Crippen MR) is 110 cm³/mol. The van der Waals surface area contributed by atoms with Gasteiger partial charge in [0.25, 0.3) is 5.91 Å². The molecule has 1 heterocycles. The van der Waals surface area contributed by atoms with Crippen molar-refractivity contribution in [3.05, 3.63) is 75.5 Å². The van der Waals surface area contributed by atoms with Gasteiger partial charge < -0.3 is 14.8 Å². The van der Waals surface area contributed by atoms with Crippen LogP contribution >= 0.6 is 23.2 Å². The summed E-state index contributed by atoms with van der Waals surface area (Å²) in [6.07, 6.45) is 1.39. The van der Waals surface area contributed by atoms with Crippen molar-refractivity contribution in [3.8, 4) is 5.75 Å². The van der Waals surface area contributed by atoms with Gasteiger partial charge in [0.05, 0.1) is 24.0 Å². The van der Waals surface area contributed by atoms with Gasteiger partial charge in [0.2, 0.25) is 0 Å². The molecule has 0 aliphatic heterocycles. The number of aromatic nitrogens is 2. The Balaban J connectivity index is 1.72. The number of carbonyl (C=O) groups is 2. The number of ether oxygens (including phenoxy) is 2. The van der Waals surface area contributed by atoms with Gasteiger partial charge in [-0.25, -0.2) is 4.79 Å². The number of benzene rings is 2. The summed E-state index contributed by atoms with van der Waals surface area (Å²) in [5, 5.41) is 7.58. The minimum absolute atomic E-state index is 0.151. The molecule has 1 amide bonds. The van der Waals surface area contributed by atoms with E-state index in [0.29, 0.717) is 21.4 Å². The third-order valence-corrected chi connectivity index (χ3v) is 4.57. The van der Waals surface area contributed by atoms with Crippen molar-refractivity contribution in [1.82, 2.24) is 9.78 Å². The third kappa shape index (κ3) is 4.88. The minimum atomic E-state index is -0.595. The molecular formula is C20H17Cl2N3O4. The Kier molecular flexibility index (Phi) is 6.41. The number of hydrogen-bond acceptors (Lipinski definition) is 5. The van der Waals surface area contributed by atoms with Gasteiger partial charge in [-0.2, -0.15) is 5.10 Å². The molecule has 3 rings (SSSR count). The molecule has 2 aromatic carbocycles. The normalized spacial score (nSPS) is 10.5. The zero-order chi connectivity index (χ0) is 21.0. The van der Waals surface area contributed by atoms with Gasteiger partial charge in [-0.05, 0) is 35.9 Å². The van der Waals surface area contributed by atoms with Crippen LogP contribution in [0.1, 0.15) is 26.4 Å². The maximum atomic E-state index is 12.6. The van der Waals surface area contributed by atoms with Crippen LogP contribution in [0.2, 0.25) is 10.0 Å². The fourth-order valence-corrected chi connectivity index (χ4v) is 3.08. The van der Waals surface area contributed by atoms with Gasteiger partial charge in [0.1, 0.15) is 12.4 Å². The van der Waals surface area contributed by atoms with Gasteiger partial charge >= 0.3 is 5.97 Å². The molecule has 0 saturated carbocycles. The van der Waals surface area contributed by atoms with Crippen LogP contribution in [0.5, 0.6) is 5.75 Å². The quantitative estimate of drug-likeness (QED) is 0.584. The van der Waals surface area contributed by atoms with Crippen LogP contribution in [0.15, 0.2) is 48.7 Å². The van der Waals surface area contributed by atoms with Crippen molar-refractivity contribution in [2.45, 2.75) is 6.61 Å². The smallest absolute Gasteiger partial charge is 0.358 e. The number of rotatable bonds is 6. The first kappa shape index (κ1) is 20.7. The molecule has 0 unspecified atom stereocenters. The second-order valence-electron chi connectivity index (χ2n) is 6.04. The van der Waals surface area contributed by atoms with E-state index in [1.165, 1.54) is 18.0 Å². The van der Waals surface area contributed by atoms with Crippen LogP contribution in [0, 0.1) is 0 Å². The van der Waals surface area contributed by atoms with Gasteiger partial charge in [0, 0.05) is 17.6 Å². The van der Waals surface area contributed by atoms with Gasteiger partial charge in [-0.3, -0.25) is 9.48 Å². The molecule has 0 atom stereocenters. The topological polar surface area (TPSA) is 82.4 Å². The van der Waals surface area contributed by atoms with Crippen molar-refractivity contribution >= 4 is 40.8 Å². The van der Waals surface area contributed by atoms with E-state index < -0.39 is 11.9 Å². The number of methoxy groups -OCH3 is 1. The molecule has 7 nitrogen and oxygen atoms in total. The number of anilines is 1. The molecule has 0 saturated heterocycles. The summed E-state index contributed by atoms with van der Waals surface area (Å²) in [5.74, 6) is -0.499. The van der Waals surface area contributed by atoms with Crippen molar-refractivity contribution in [3.63, 3.8) is 0 Å². The standard InChI is InChI=1S/C20H17Cl2N3O4/c1-25-18(20(27)28-2)16(10-23-25)24-19(26)13-5-3-4-12(8-13)11-29-17-7-6-14(21)9-15(17)22/h3-10H,11H2,1-2H3,(H,24,26). The molecule has 29 heavy (non-hydrogen) atoms. The van der Waals surface area contributed by atoms with Crippen molar-refractivity contribution in [2.24, 2.45) is 7.05 Å². The Morgan fingerprint density at radius 2 is 1.97 bits per heavy atom. The molecular weight excluding hydrogens is 417 g/mol. The van der Waals surface area contributed by atoms with Gasteiger partial charge in [-0.15, -0.1) is 0 Å². The summed E-state index contributed by atoms with van der Waals surface area (Å²) in [6.45, 7) is 0.211. The highest BCUT2D eigenvalue weighted by atomic mass is 35.5. The second-order valence-corrected chi connectivity index (χ2v) is 6.88. The number of nitrogens with zero attached hydrogens (tertiary/aromatic N) is 2. The van der Waals surface area contributed by atoms with E-state index in [1.54, 1.807) is 43.4 Å². The zero-order valence-corrected chi connectivity index (χ0v) is 17.1. The lowest BCUT2D eigenvalue weighted by molar-refractivity contribution is 0.0589. The third-order valence-electron chi connectivity index (χ3n) is 4.04. The van der Waals surface area contributed by atoms with Crippen molar-refractivity contribution in [2.75, 3.05) is 12.4 Å². The maximum absolute atomic E-state index is 12.6. The summed E-state index contributed by atoms with van der Waals surface area (Å²) in [7, 11) is 2.85. The number of esters is 1. The number of carbonyl (C=O) groups excluding carboxylic acids is 2. The van der Waals surface area contributed by atoms with Gasteiger partial charge in [0.15, 0.2) is 5.69 Å².